The second kappa shape index (κ2) is 4.21. The first-order chi connectivity index (χ1) is 7.16. The van der Waals surface area contributed by atoms with Crippen molar-refractivity contribution in [3.63, 3.8) is 0 Å². The molecule has 0 radical (unpaired) electrons. The van der Waals surface area contributed by atoms with Gasteiger partial charge in [-0.2, -0.15) is 0 Å². The van der Waals surface area contributed by atoms with Crippen LogP contribution in [0.5, 0.6) is 0 Å². The molecule has 1 aromatic carbocycles. The van der Waals surface area contributed by atoms with Crippen LogP contribution < -0.4 is 5.73 Å². The smallest absolute Gasteiger partial charge is 0.0575 e. The number of rotatable bonds is 3. The SMILES string of the molecule is CN(C)CCc1cc2cccc(N)c2s1. The molecule has 1 heterocycles. The van der Waals surface area contributed by atoms with Gasteiger partial charge in [0.05, 0.1) is 4.70 Å². The topological polar surface area (TPSA) is 29.3 Å². The predicted molar refractivity (Wildman–Crippen MR) is 68.5 cm³/mol. The number of likely N-dealkylation sites (N-methyl/N-ethyl adjacent to an activating group) is 1. The number of hydrogen-bond acceptors (Lipinski definition) is 3. The predicted octanol–water partition coefficient (Wildman–Crippen LogP) is 2.59. The molecule has 2 aromatic rings. The fraction of sp³-hybridized carbons (Fsp3) is 0.333. The molecule has 0 fully saturated rings. The van der Waals surface area contributed by atoms with Crippen molar-refractivity contribution < 1.29 is 0 Å². The van der Waals surface area contributed by atoms with E-state index in [2.05, 4.69) is 31.1 Å². The minimum Gasteiger partial charge on any atom is -0.398 e. The molecule has 0 aliphatic heterocycles. The molecule has 2 rings (SSSR count). The van der Waals surface area contributed by atoms with Crippen molar-refractivity contribution in [2.24, 2.45) is 0 Å². The number of hydrogen-bond donors (Lipinski definition) is 1. The summed E-state index contributed by atoms with van der Waals surface area (Å²) in [5, 5.41) is 1.27. The summed E-state index contributed by atoms with van der Waals surface area (Å²) in [4.78, 5) is 3.62. The molecule has 0 aliphatic rings. The lowest BCUT2D eigenvalue weighted by Gasteiger charge is -2.06. The molecule has 0 atom stereocenters. The lowest BCUT2D eigenvalue weighted by molar-refractivity contribution is 0.415. The summed E-state index contributed by atoms with van der Waals surface area (Å²) < 4.78 is 1.23. The molecule has 1 aromatic heterocycles. The lowest BCUT2D eigenvalue weighted by Crippen LogP contribution is -2.14. The highest BCUT2D eigenvalue weighted by atomic mass is 32.1. The summed E-state index contributed by atoms with van der Waals surface area (Å²) in [6, 6.07) is 8.36. The highest BCUT2D eigenvalue weighted by molar-refractivity contribution is 7.19. The number of anilines is 1. The van der Waals surface area contributed by atoms with Gasteiger partial charge in [0.2, 0.25) is 0 Å². The Kier molecular flexibility index (Phi) is 2.93. The summed E-state index contributed by atoms with van der Waals surface area (Å²) >= 11 is 1.81. The van der Waals surface area contributed by atoms with E-state index in [1.54, 1.807) is 0 Å². The van der Waals surface area contributed by atoms with Gasteiger partial charge in [-0.05, 0) is 38.0 Å². The van der Waals surface area contributed by atoms with Crippen LogP contribution in [0.3, 0.4) is 0 Å². The van der Waals surface area contributed by atoms with Crippen LogP contribution in [-0.2, 0) is 6.42 Å². The fourth-order valence-corrected chi connectivity index (χ4v) is 2.67. The molecule has 2 N–H and O–H groups in total. The maximum Gasteiger partial charge on any atom is 0.0575 e. The third-order valence-electron chi connectivity index (χ3n) is 2.43. The van der Waals surface area contributed by atoms with Crippen molar-refractivity contribution >= 4 is 27.1 Å². The minimum absolute atomic E-state index is 0.897. The number of nitrogens with zero attached hydrogens (tertiary/aromatic N) is 1. The van der Waals surface area contributed by atoms with Gasteiger partial charge in [0.1, 0.15) is 0 Å². The number of nitrogens with two attached hydrogens (primary N) is 1. The van der Waals surface area contributed by atoms with E-state index in [9.17, 15) is 0 Å². The van der Waals surface area contributed by atoms with Crippen LogP contribution in [-0.4, -0.2) is 25.5 Å². The van der Waals surface area contributed by atoms with Gasteiger partial charge in [0.15, 0.2) is 0 Å². The molecule has 15 heavy (non-hydrogen) atoms. The minimum atomic E-state index is 0.897. The van der Waals surface area contributed by atoms with Crippen LogP contribution in [0.25, 0.3) is 10.1 Å². The Morgan fingerprint density at radius 1 is 1.33 bits per heavy atom. The zero-order valence-corrected chi connectivity index (χ0v) is 9.97. The molecule has 80 valence electrons. The molecule has 0 amide bonds. The highest BCUT2D eigenvalue weighted by Gasteiger charge is 2.04. The van der Waals surface area contributed by atoms with Gasteiger partial charge >= 0.3 is 0 Å². The molecule has 0 saturated heterocycles. The molecule has 3 heteroatoms. The Balaban J connectivity index is 2.27. The van der Waals surface area contributed by atoms with Gasteiger partial charge in [0.25, 0.3) is 0 Å². The Hall–Kier alpha value is -1.06. The van der Waals surface area contributed by atoms with E-state index in [1.165, 1.54) is 15.0 Å². The third kappa shape index (κ3) is 2.30. The van der Waals surface area contributed by atoms with Crippen LogP contribution >= 0.6 is 11.3 Å². The van der Waals surface area contributed by atoms with Crippen molar-refractivity contribution in [1.82, 2.24) is 4.90 Å². The van der Waals surface area contributed by atoms with Crippen LogP contribution in [0.1, 0.15) is 4.88 Å². The van der Waals surface area contributed by atoms with Gasteiger partial charge in [-0.25, -0.2) is 0 Å². The van der Waals surface area contributed by atoms with E-state index in [4.69, 9.17) is 5.73 Å². The Labute approximate surface area is 94.3 Å². The Morgan fingerprint density at radius 3 is 2.80 bits per heavy atom. The molecule has 0 unspecified atom stereocenters. The van der Waals surface area contributed by atoms with Gasteiger partial charge in [-0.1, -0.05) is 12.1 Å². The van der Waals surface area contributed by atoms with Gasteiger partial charge in [-0.15, -0.1) is 11.3 Å². The number of fused-ring (bicyclic) bond motifs is 1. The highest BCUT2D eigenvalue weighted by Crippen LogP contribution is 2.30. The standard InChI is InChI=1S/C12H16N2S/c1-14(2)7-6-10-8-9-4-3-5-11(13)12(9)15-10/h3-5,8H,6-7,13H2,1-2H3. The second-order valence-electron chi connectivity index (χ2n) is 4.03. The number of nitrogen functional groups attached to an aromatic ring is 1. The van der Waals surface area contributed by atoms with Gasteiger partial charge in [0, 0.05) is 17.1 Å². The molecule has 0 spiro atoms. The van der Waals surface area contributed by atoms with E-state index >= 15 is 0 Å². The maximum absolute atomic E-state index is 5.93. The first kappa shape index (κ1) is 10.5. The maximum atomic E-state index is 5.93. The van der Waals surface area contributed by atoms with E-state index in [0.29, 0.717) is 0 Å². The Bertz CT molecular complexity index is 460. The molecule has 0 bridgehead atoms. The van der Waals surface area contributed by atoms with Crippen LogP contribution in [0.15, 0.2) is 24.3 Å². The summed E-state index contributed by atoms with van der Waals surface area (Å²) in [5.41, 5.74) is 6.82. The van der Waals surface area contributed by atoms with Crippen LogP contribution in [0.2, 0.25) is 0 Å². The van der Waals surface area contributed by atoms with Crippen molar-refractivity contribution in [2.45, 2.75) is 6.42 Å². The summed E-state index contributed by atoms with van der Waals surface area (Å²) in [7, 11) is 4.20. The van der Waals surface area contributed by atoms with Crippen molar-refractivity contribution in [3.05, 3.63) is 29.1 Å². The van der Waals surface area contributed by atoms with Gasteiger partial charge in [-0.3, -0.25) is 0 Å². The van der Waals surface area contributed by atoms with Gasteiger partial charge < -0.3 is 10.6 Å². The molecule has 0 saturated carbocycles. The lowest BCUT2D eigenvalue weighted by atomic mass is 10.2. The molecular weight excluding hydrogens is 204 g/mol. The van der Waals surface area contributed by atoms with E-state index in [0.717, 1.165) is 18.7 Å². The normalized spacial score (nSPS) is 11.4. The number of benzene rings is 1. The quantitative estimate of drug-likeness (QED) is 0.806. The van der Waals surface area contributed by atoms with Crippen molar-refractivity contribution in [3.8, 4) is 0 Å². The number of thiophene rings is 1. The summed E-state index contributed by atoms with van der Waals surface area (Å²) in [5.74, 6) is 0. The molecular formula is C12H16N2S. The largest absolute Gasteiger partial charge is 0.398 e. The zero-order valence-electron chi connectivity index (χ0n) is 9.16. The molecule has 2 nitrogen and oxygen atoms in total. The van der Waals surface area contributed by atoms with Crippen LogP contribution in [0, 0.1) is 0 Å². The first-order valence-corrected chi connectivity index (χ1v) is 5.90. The fourth-order valence-electron chi connectivity index (χ4n) is 1.60. The summed E-state index contributed by atoms with van der Waals surface area (Å²) in [6.07, 6.45) is 1.10. The molecule has 0 aliphatic carbocycles. The monoisotopic (exact) mass is 220 g/mol. The first-order valence-electron chi connectivity index (χ1n) is 5.08. The van der Waals surface area contributed by atoms with Crippen molar-refractivity contribution in [2.75, 3.05) is 26.4 Å². The third-order valence-corrected chi connectivity index (χ3v) is 3.69. The van der Waals surface area contributed by atoms with E-state index < -0.39 is 0 Å². The summed E-state index contributed by atoms with van der Waals surface area (Å²) in [6.45, 7) is 1.09. The van der Waals surface area contributed by atoms with Crippen molar-refractivity contribution in [1.29, 1.82) is 0 Å². The second-order valence-corrected chi connectivity index (χ2v) is 5.17. The average Bonchev–Trinajstić information content (AvgIpc) is 2.59. The average molecular weight is 220 g/mol. The van der Waals surface area contributed by atoms with E-state index in [-0.39, 0.29) is 0 Å². The van der Waals surface area contributed by atoms with E-state index in [1.807, 2.05) is 23.5 Å². The zero-order chi connectivity index (χ0) is 10.8. The van der Waals surface area contributed by atoms with Crippen LogP contribution in [0.4, 0.5) is 5.69 Å². The Morgan fingerprint density at radius 2 is 2.13 bits per heavy atom.